The first-order valence-electron chi connectivity index (χ1n) is 7.01. The summed E-state index contributed by atoms with van der Waals surface area (Å²) in [6.07, 6.45) is 2.38. The normalized spacial score (nSPS) is 10.0. The van der Waals surface area contributed by atoms with Gasteiger partial charge < -0.3 is 14.8 Å². The molecule has 0 aliphatic heterocycles. The highest BCUT2D eigenvalue weighted by Gasteiger charge is 2.12. The molecule has 5 heteroatoms. The second-order valence-electron chi connectivity index (χ2n) is 4.82. The third-order valence-electron chi connectivity index (χ3n) is 3.32. The van der Waals surface area contributed by atoms with Gasteiger partial charge in [-0.25, -0.2) is 0 Å². The number of ether oxygens (including phenoxy) is 2. The quantitative estimate of drug-likeness (QED) is 0.801. The Bertz CT molecular complexity index is 728. The summed E-state index contributed by atoms with van der Waals surface area (Å²) >= 11 is 5.97. The number of carbonyl (C=O) groups excluding carboxylic acids is 1. The molecule has 0 aliphatic rings. The summed E-state index contributed by atoms with van der Waals surface area (Å²) < 4.78 is 10.5. The first-order chi connectivity index (χ1) is 11.1. The van der Waals surface area contributed by atoms with Crippen molar-refractivity contribution < 1.29 is 14.3 Å². The minimum absolute atomic E-state index is 0.251. The Balaban J connectivity index is 2.29. The fourth-order valence-corrected chi connectivity index (χ4v) is 2.38. The standard InChI is InChI=1S/C18H18ClNO3/c1-4-5-12-10-13(6-8-16(12)22-2)18(21)20-15-11-14(19)7-9-17(15)23-3/h4,6-11H,1,5H2,2-3H3,(H,20,21). The number of methoxy groups -OCH3 is 2. The van der Waals surface area contributed by atoms with E-state index in [4.69, 9.17) is 21.1 Å². The van der Waals surface area contributed by atoms with Crippen molar-refractivity contribution in [3.63, 3.8) is 0 Å². The Labute approximate surface area is 140 Å². The van der Waals surface area contributed by atoms with E-state index in [2.05, 4.69) is 11.9 Å². The molecule has 2 rings (SSSR count). The van der Waals surface area contributed by atoms with Gasteiger partial charge in [-0.2, -0.15) is 0 Å². The van der Waals surface area contributed by atoms with Crippen LogP contribution in [-0.4, -0.2) is 20.1 Å². The number of carbonyl (C=O) groups is 1. The van der Waals surface area contributed by atoms with E-state index in [9.17, 15) is 4.79 Å². The summed E-state index contributed by atoms with van der Waals surface area (Å²) in [6.45, 7) is 3.72. The largest absolute Gasteiger partial charge is 0.496 e. The van der Waals surface area contributed by atoms with Gasteiger partial charge in [0.05, 0.1) is 19.9 Å². The van der Waals surface area contributed by atoms with Crippen molar-refractivity contribution in [2.24, 2.45) is 0 Å². The number of hydrogen-bond donors (Lipinski definition) is 1. The molecule has 0 radical (unpaired) electrons. The second-order valence-corrected chi connectivity index (χ2v) is 5.25. The number of benzene rings is 2. The van der Waals surface area contributed by atoms with E-state index in [1.165, 1.54) is 7.11 Å². The molecular weight excluding hydrogens is 314 g/mol. The van der Waals surface area contributed by atoms with Crippen LogP contribution in [0.1, 0.15) is 15.9 Å². The Morgan fingerprint density at radius 3 is 2.52 bits per heavy atom. The van der Waals surface area contributed by atoms with Gasteiger partial charge >= 0.3 is 0 Å². The minimum Gasteiger partial charge on any atom is -0.496 e. The Morgan fingerprint density at radius 1 is 1.17 bits per heavy atom. The van der Waals surface area contributed by atoms with Gasteiger partial charge in [-0.05, 0) is 48.4 Å². The molecule has 0 heterocycles. The molecule has 1 N–H and O–H groups in total. The van der Waals surface area contributed by atoms with Crippen LogP contribution < -0.4 is 14.8 Å². The van der Waals surface area contributed by atoms with Gasteiger partial charge in [0.15, 0.2) is 0 Å². The van der Waals surface area contributed by atoms with Crippen molar-refractivity contribution in [2.45, 2.75) is 6.42 Å². The Kier molecular flexibility index (Phi) is 5.66. The fourth-order valence-electron chi connectivity index (χ4n) is 2.21. The van der Waals surface area contributed by atoms with Crippen LogP contribution in [0.2, 0.25) is 5.02 Å². The van der Waals surface area contributed by atoms with Gasteiger partial charge in [-0.15, -0.1) is 6.58 Å². The summed E-state index contributed by atoms with van der Waals surface area (Å²) in [5, 5.41) is 3.33. The number of rotatable bonds is 6. The van der Waals surface area contributed by atoms with Gasteiger partial charge in [-0.3, -0.25) is 4.79 Å². The topological polar surface area (TPSA) is 47.6 Å². The number of hydrogen-bond acceptors (Lipinski definition) is 3. The first kappa shape index (κ1) is 16.9. The van der Waals surface area contributed by atoms with Crippen LogP contribution in [0, 0.1) is 0 Å². The minimum atomic E-state index is -0.251. The first-order valence-corrected chi connectivity index (χ1v) is 7.39. The van der Waals surface area contributed by atoms with Gasteiger partial charge in [-0.1, -0.05) is 17.7 Å². The molecule has 0 bridgehead atoms. The van der Waals surface area contributed by atoms with Crippen molar-refractivity contribution in [3.8, 4) is 11.5 Å². The van der Waals surface area contributed by atoms with Crippen LogP contribution in [0.15, 0.2) is 49.1 Å². The molecule has 23 heavy (non-hydrogen) atoms. The lowest BCUT2D eigenvalue weighted by Crippen LogP contribution is -2.13. The van der Waals surface area contributed by atoms with Gasteiger partial charge in [0.25, 0.3) is 5.91 Å². The zero-order valence-electron chi connectivity index (χ0n) is 13.1. The Hall–Kier alpha value is -2.46. The maximum absolute atomic E-state index is 12.5. The SMILES string of the molecule is C=CCc1cc(C(=O)Nc2cc(Cl)ccc2OC)ccc1OC. The molecule has 120 valence electrons. The number of nitrogens with one attached hydrogen (secondary N) is 1. The van der Waals surface area contributed by atoms with Crippen LogP contribution in [0.5, 0.6) is 11.5 Å². The van der Waals surface area contributed by atoms with Crippen LogP contribution in [0.25, 0.3) is 0 Å². The fraction of sp³-hybridized carbons (Fsp3) is 0.167. The molecule has 1 amide bonds. The molecule has 0 aromatic heterocycles. The lowest BCUT2D eigenvalue weighted by molar-refractivity contribution is 0.102. The van der Waals surface area contributed by atoms with Crippen LogP contribution in [0.4, 0.5) is 5.69 Å². The zero-order valence-corrected chi connectivity index (χ0v) is 13.8. The van der Waals surface area contributed by atoms with E-state index >= 15 is 0 Å². The number of anilines is 1. The summed E-state index contributed by atoms with van der Waals surface area (Å²) in [5.74, 6) is 1.02. The molecule has 0 unspecified atom stereocenters. The average molecular weight is 332 g/mol. The summed E-state index contributed by atoms with van der Waals surface area (Å²) in [5.41, 5.74) is 1.93. The predicted octanol–water partition coefficient (Wildman–Crippen LogP) is 4.34. The summed E-state index contributed by atoms with van der Waals surface area (Å²) in [7, 11) is 3.13. The Morgan fingerprint density at radius 2 is 1.87 bits per heavy atom. The van der Waals surface area contributed by atoms with Gasteiger partial charge in [0.2, 0.25) is 0 Å². The molecule has 4 nitrogen and oxygen atoms in total. The third-order valence-corrected chi connectivity index (χ3v) is 3.55. The van der Waals surface area contributed by atoms with Gasteiger partial charge in [0.1, 0.15) is 11.5 Å². The molecular formula is C18H18ClNO3. The molecule has 0 fully saturated rings. The van der Waals surface area contributed by atoms with Crippen molar-refractivity contribution in [1.29, 1.82) is 0 Å². The lowest BCUT2D eigenvalue weighted by Gasteiger charge is -2.12. The van der Waals surface area contributed by atoms with E-state index < -0.39 is 0 Å². The highest BCUT2D eigenvalue weighted by atomic mass is 35.5. The van der Waals surface area contributed by atoms with Crippen LogP contribution in [0.3, 0.4) is 0 Å². The lowest BCUT2D eigenvalue weighted by atomic mass is 10.1. The molecule has 0 saturated carbocycles. The molecule has 0 aliphatic carbocycles. The van der Waals surface area contributed by atoms with E-state index in [-0.39, 0.29) is 5.91 Å². The maximum Gasteiger partial charge on any atom is 0.255 e. The van der Waals surface area contributed by atoms with Gasteiger partial charge in [0, 0.05) is 10.6 Å². The number of allylic oxidation sites excluding steroid dienone is 1. The smallest absolute Gasteiger partial charge is 0.255 e. The van der Waals surface area contributed by atoms with E-state index in [0.29, 0.717) is 28.4 Å². The zero-order chi connectivity index (χ0) is 16.8. The predicted molar refractivity (Wildman–Crippen MR) is 92.9 cm³/mol. The summed E-state index contributed by atoms with van der Waals surface area (Å²) in [4.78, 5) is 12.5. The molecule has 0 atom stereocenters. The van der Waals surface area contributed by atoms with E-state index in [1.807, 2.05) is 0 Å². The number of amides is 1. The van der Waals surface area contributed by atoms with Crippen molar-refractivity contribution >= 4 is 23.2 Å². The van der Waals surface area contributed by atoms with E-state index in [0.717, 1.165) is 11.3 Å². The van der Waals surface area contributed by atoms with Crippen molar-refractivity contribution in [1.82, 2.24) is 0 Å². The van der Waals surface area contributed by atoms with Crippen molar-refractivity contribution in [3.05, 3.63) is 65.2 Å². The monoisotopic (exact) mass is 331 g/mol. The molecule has 0 spiro atoms. The van der Waals surface area contributed by atoms with Crippen molar-refractivity contribution in [2.75, 3.05) is 19.5 Å². The molecule has 2 aromatic carbocycles. The molecule has 2 aromatic rings. The third kappa shape index (κ3) is 4.05. The van der Waals surface area contributed by atoms with Crippen LogP contribution in [-0.2, 0) is 6.42 Å². The number of halogens is 1. The second kappa shape index (κ2) is 7.70. The average Bonchev–Trinajstić information content (AvgIpc) is 2.55. The highest BCUT2D eigenvalue weighted by molar-refractivity contribution is 6.31. The maximum atomic E-state index is 12.5. The van der Waals surface area contributed by atoms with Crippen LogP contribution >= 0.6 is 11.6 Å². The highest BCUT2D eigenvalue weighted by Crippen LogP contribution is 2.28. The van der Waals surface area contributed by atoms with E-state index in [1.54, 1.807) is 49.6 Å². The molecule has 0 saturated heterocycles. The summed E-state index contributed by atoms with van der Waals surface area (Å²) in [6, 6.07) is 10.3.